The van der Waals surface area contributed by atoms with E-state index in [2.05, 4.69) is 20.5 Å². The number of rotatable bonds is 6. The molecule has 1 unspecified atom stereocenters. The molecule has 2 saturated heterocycles. The Balaban J connectivity index is 1.54. The largest absolute Gasteiger partial charge is 0.370 e. The maximum Gasteiger partial charge on any atom is 0.270 e. The summed E-state index contributed by atoms with van der Waals surface area (Å²) in [6, 6.07) is 2.80. The van der Waals surface area contributed by atoms with E-state index in [4.69, 9.17) is 9.47 Å². The summed E-state index contributed by atoms with van der Waals surface area (Å²) in [5.74, 6) is -0.862. The Labute approximate surface area is 163 Å². The van der Waals surface area contributed by atoms with Gasteiger partial charge in [0.15, 0.2) is 6.29 Å². The zero-order valence-electron chi connectivity index (χ0n) is 16.1. The van der Waals surface area contributed by atoms with Gasteiger partial charge in [-0.05, 0) is 31.4 Å². The Morgan fingerprint density at radius 2 is 1.93 bits per heavy atom. The molecule has 0 spiro atoms. The maximum atomic E-state index is 12.3. The van der Waals surface area contributed by atoms with Gasteiger partial charge >= 0.3 is 0 Å². The van der Waals surface area contributed by atoms with Gasteiger partial charge in [-0.1, -0.05) is 0 Å². The molecule has 2 N–H and O–H groups in total. The van der Waals surface area contributed by atoms with E-state index >= 15 is 0 Å². The average molecular weight is 390 g/mol. The van der Waals surface area contributed by atoms with Crippen LogP contribution in [0.4, 0.5) is 5.69 Å². The number of piperidine rings is 2. The minimum atomic E-state index is -0.708. The molecule has 0 aromatic carbocycles. The van der Waals surface area contributed by atoms with E-state index in [1.165, 1.54) is 0 Å². The quantitative estimate of drug-likeness (QED) is 0.536. The van der Waals surface area contributed by atoms with E-state index in [9.17, 15) is 14.4 Å². The van der Waals surface area contributed by atoms with Gasteiger partial charge in [-0.3, -0.25) is 19.7 Å². The van der Waals surface area contributed by atoms with E-state index in [0.29, 0.717) is 12.3 Å². The number of hydrogen-bond donors (Lipinski definition) is 2. The summed E-state index contributed by atoms with van der Waals surface area (Å²) in [5, 5.41) is 4.85. The highest BCUT2D eigenvalue weighted by Gasteiger charge is 2.29. The Bertz CT molecular complexity index is 712. The van der Waals surface area contributed by atoms with Crippen LogP contribution >= 0.6 is 0 Å². The second-order valence-corrected chi connectivity index (χ2v) is 7.04. The summed E-state index contributed by atoms with van der Waals surface area (Å²) in [6.45, 7) is 1.72. The summed E-state index contributed by atoms with van der Waals surface area (Å²) < 4.78 is 10.7. The predicted molar refractivity (Wildman–Crippen MR) is 101 cm³/mol. The molecular weight excluding hydrogens is 364 g/mol. The number of pyridine rings is 1. The number of carbonyl (C=O) groups excluding carboxylic acids is 3. The predicted octanol–water partition coefficient (Wildman–Crippen LogP) is 0.452. The van der Waals surface area contributed by atoms with Crippen LogP contribution in [0.1, 0.15) is 36.2 Å². The summed E-state index contributed by atoms with van der Waals surface area (Å²) in [4.78, 5) is 41.7. The van der Waals surface area contributed by atoms with Gasteiger partial charge < -0.3 is 19.7 Å². The fourth-order valence-electron chi connectivity index (χ4n) is 3.68. The van der Waals surface area contributed by atoms with Gasteiger partial charge in [-0.25, -0.2) is 4.98 Å². The molecular formula is C19H26N4O5. The van der Waals surface area contributed by atoms with E-state index in [-0.39, 0.29) is 24.3 Å². The molecule has 2 aliphatic rings. The van der Waals surface area contributed by atoms with Gasteiger partial charge in [0.05, 0.1) is 11.9 Å². The molecule has 9 heteroatoms. The smallest absolute Gasteiger partial charge is 0.270 e. The van der Waals surface area contributed by atoms with Crippen LogP contribution in [0.3, 0.4) is 0 Å². The molecule has 152 valence electrons. The normalized spacial score (nSPS) is 21.0. The van der Waals surface area contributed by atoms with Crippen molar-refractivity contribution in [2.45, 2.75) is 38.0 Å². The third kappa shape index (κ3) is 4.66. The minimum Gasteiger partial charge on any atom is -0.370 e. The fraction of sp³-hybridized carbons (Fsp3) is 0.579. The number of nitrogens with zero attached hydrogens (tertiary/aromatic N) is 2. The molecule has 2 aliphatic heterocycles. The van der Waals surface area contributed by atoms with Crippen molar-refractivity contribution in [1.82, 2.24) is 15.6 Å². The summed E-state index contributed by atoms with van der Waals surface area (Å²) in [6.07, 6.45) is 3.90. The fourth-order valence-corrected chi connectivity index (χ4v) is 3.68. The highest BCUT2D eigenvalue weighted by Crippen LogP contribution is 2.26. The van der Waals surface area contributed by atoms with Gasteiger partial charge in [-0.2, -0.15) is 0 Å². The minimum absolute atomic E-state index is 0.182. The lowest BCUT2D eigenvalue weighted by Gasteiger charge is -2.35. The molecule has 0 saturated carbocycles. The molecule has 3 amide bonds. The van der Waals surface area contributed by atoms with Crippen molar-refractivity contribution in [3.05, 3.63) is 24.0 Å². The topological polar surface area (TPSA) is 110 Å². The van der Waals surface area contributed by atoms with Crippen molar-refractivity contribution >= 4 is 23.4 Å². The second kappa shape index (κ2) is 9.11. The van der Waals surface area contributed by atoms with Gasteiger partial charge in [0.2, 0.25) is 11.8 Å². The van der Waals surface area contributed by atoms with Gasteiger partial charge in [0.1, 0.15) is 11.7 Å². The Morgan fingerprint density at radius 3 is 2.50 bits per heavy atom. The first kappa shape index (κ1) is 20.2. The van der Waals surface area contributed by atoms with Crippen LogP contribution in [0.5, 0.6) is 0 Å². The molecule has 0 radical (unpaired) electrons. The van der Waals surface area contributed by atoms with Crippen molar-refractivity contribution < 1.29 is 23.9 Å². The van der Waals surface area contributed by atoms with Crippen LogP contribution in [-0.2, 0) is 19.1 Å². The maximum absolute atomic E-state index is 12.3. The van der Waals surface area contributed by atoms with Crippen LogP contribution < -0.4 is 15.5 Å². The molecule has 1 aromatic rings. The first-order valence-corrected chi connectivity index (χ1v) is 9.43. The number of methoxy groups -OCH3 is 2. The number of carbonyl (C=O) groups is 3. The first-order chi connectivity index (χ1) is 13.5. The molecule has 1 aromatic heterocycles. The van der Waals surface area contributed by atoms with Crippen LogP contribution in [0, 0.1) is 5.92 Å². The van der Waals surface area contributed by atoms with Crippen LogP contribution in [0.25, 0.3) is 0 Å². The molecule has 0 aliphatic carbocycles. The Morgan fingerprint density at radius 1 is 1.21 bits per heavy atom. The number of hydrogen-bond acceptors (Lipinski definition) is 7. The lowest BCUT2D eigenvalue weighted by molar-refractivity contribution is -0.141. The van der Waals surface area contributed by atoms with E-state index in [1.807, 2.05) is 6.07 Å². The molecule has 9 nitrogen and oxygen atoms in total. The Kier molecular flexibility index (Phi) is 6.58. The molecule has 28 heavy (non-hydrogen) atoms. The van der Waals surface area contributed by atoms with Crippen LogP contribution in [0.2, 0.25) is 0 Å². The lowest BCUT2D eigenvalue weighted by Crippen LogP contribution is -2.52. The summed E-state index contributed by atoms with van der Waals surface area (Å²) >= 11 is 0. The number of amides is 3. The number of aromatic nitrogens is 1. The highest BCUT2D eigenvalue weighted by molar-refractivity contribution is 6.03. The standard InChI is InChI=1S/C19H26N4O5/c1-27-19(28-2)12-7-9-23(10-8-12)13-3-4-14(20-11-13)17(25)21-15-5-6-16(24)22-18(15)26/h3-4,11-12,15,19H,5-10H2,1-2H3,(H,21,25)(H,22,24,26). The van der Waals surface area contributed by atoms with Gasteiger partial charge in [0, 0.05) is 39.6 Å². The van der Waals surface area contributed by atoms with Crippen molar-refractivity contribution in [3.63, 3.8) is 0 Å². The summed E-state index contributed by atoms with van der Waals surface area (Å²) in [7, 11) is 3.31. The van der Waals surface area contributed by atoms with Crippen LogP contribution in [0.15, 0.2) is 18.3 Å². The monoisotopic (exact) mass is 390 g/mol. The average Bonchev–Trinajstić information content (AvgIpc) is 2.71. The summed E-state index contributed by atoms with van der Waals surface area (Å²) in [5.41, 5.74) is 1.18. The van der Waals surface area contributed by atoms with E-state index in [1.54, 1.807) is 26.5 Å². The first-order valence-electron chi connectivity index (χ1n) is 9.43. The van der Waals surface area contributed by atoms with Crippen molar-refractivity contribution in [2.24, 2.45) is 5.92 Å². The molecule has 3 heterocycles. The highest BCUT2D eigenvalue weighted by atomic mass is 16.7. The number of imide groups is 1. The van der Waals surface area contributed by atoms with Crippen molar-refractivity contribution in [1.29, 1.82) is 0 Å². The Hall–Kier alpha value is -2.52. The van der Waals surface area contributed by atoms with Crippen molar-refractivity contribution in [3.8, 4) is 0 Å². The number of anilines is 1. The van der Waals surface area contributed by atoms with Gasteiger partial charge in [0.25, 0.3) is 5.91 Å². The van der Waals surface area contributed by atoms with E-state index in [0.717, 1.165) is 31.6 Å². The van der Waals surface area contributed by atoms with E-state index < -0.39 is 17.9 Å². The number of ether oxygens (including phenoxy) is 2. The molecule has 0 bridgehead atoms. The SMILES string of the molecule is COC(OC)C1CCN(c2ccc(C(=O)NC3CCC(=O)NC3=O)nc2)CC1. The van der Waals surface area contributed by atoms with Crippen LogP contribution in [-0.4, -0.2) is 62.3 Å². The zero-order valence-corrected chi connectivity index (χ0v) is 16.1. The third-order valence-corrected chi connectivity index (χ3v) is 5.28. The van der Waals surface area contributed by atoms with Gasteiger partial charge in [-0.15, -0.1) is 0 Å². The number of nitrogens with one attached hydrogen (secondary N) is 2. The molecule has 3 rings (SSSR count). The third-order valence-electron chi connectivity index (χ3n) is 5.28. The van der Waals surface area contributed by atoms with Crippen molar-refractivity contribution in [2.75, 3.05) is 32.2 Å². The zero-order chi connectivity index (χ0) is 20.1. The lowest BCUT2D eigenvalue weighted by atomic mass is 9.96. The molecule has 2 fully saturated rings. The molecule has 1 atom stereocenters. The second-order valence-electron chi connectivity index (χ2n) is 7.04.